The van der Waals surface area contributed by atoms with Crippen LogP contribution in [0.25, 0.3) is 6.08 Å². The van der Waals surface area contributed by atoms with Crippen molar-refractivity contribution in [3.8, 4) is 11.5 Å². The Bertz CT molecular complexity index is 1330. The molecule has 0 atom stereocenters. The zero-order chi connectivity index (χ0) is 24.2. The summed E-state index contributed by atoms with van der Waals surface area (Å²) in [5.74, 6) is -0.126. The lowest BCUT2D eigenvalue weighted by molar-refractivity contribution is -0.129. The quantitative estimate of drug-likeness (QED) is 0.163. The van der Waals surface area contributed by atoms with Crippen molar-refractivity contribution in [3.05, 3.63) is 96.4 Å². The van der Waals surface area contributed by atoms with Crippen LogP contribution in [0.2, 0.25) is 10.0 Å². The SMILES string of the molecule is CCOc1cc(/C=C2\N=C(c3cc(I)ccc3Cl)OC2=O)cc(Cl)c1OCc1cccc(F)c1. The van der Waals surface area contributed by atoms with Gasteiger partial charge in [-0.3, -0.25) is 0 Å². The third-order valence-corrected chi connectivity index (χ3v) is 5.97. The van der Waals surface area contributed by atoms with E-state index >= 15 is 0 Å². The van der Waals surface area contributed by atoms with E-state index in [9.17, 15) is 9.18 Å². The maximum absolute atomic E-state index is 13.5. The second-order valence-electron chi connectivity index (χ2n) is 7.14. The van der Waals surface area contributed by atoms with Gasteiger partial charge >= 0.3 is 5.97 Å². The molecule has 34 heavy (non-hydrogen) atoms. The number of halogens is 4. The van der Waals surface area contributed by atoms with Crippen LogP contribution in [0.1, 0.15) is 23.6 Å². The summed E-state index contributed by atoms with van der Waals surface area (Å²) in [6, 6.07) is 14.7. The van der Waals surface area contributed by atoms with Crippen molar-refractivity contribution in [2.75, 3.05) is 6.61 Å². The molecule has 0 bridgehead atoms. The summed E-state index contributed by atoms with van der Waals surface area (Å²) in [7, 11) is 0. The first kappa shape index (κ1) is 24.5. The first-order valence-electron chi connectivity index (χ1n) is 10.2. The number of hydrogen-bond donors (Lipinski definition) is 0. The summed E-state index contributed by atoms with van der Waals surface area (Å²) in [6.45, 7) is 2.29. The Balaban J connectivity index is 1.63. The van der Waals surface area contributed by atoms with E-state index in [0.717, 1.165) is 3.57 Å². The largest absolute Gasteiger partial charge is 0.490 e. The van der Waals surface area contributed by atoms with E-state index in [4.69, 9.17) is 37.4 Å². The summed E-state index contributed by atoms with van der Waals surface area (Å²) < 4.78 is 31.2. The predicted molar refractivity (Wildman–Crippen MR) is 138 cm³/mol. The molecular formula is C25H17Cl2FINO4. The third kappa shape index (κ3) is 5.71. The summed E-state index contributed by atoms with van der Waals surface area (Å²) in [6.07, 6.45) is 1.54. The van der Waals surface area contributed by atoms with E-state index in [-0.39, 0.29) is 29.0 Å². The minimum absolute atomic E-state index is 0.0943. The Morgan fingerprint density at radius 1 is 1.09 bits per heavy atom. The maximum atomic E-state index is 13.5. The summed E-state index contributed by atoms with van der Waals surface area (Å²) in [5, 5.41) is 0.695. The minimum Gasteiger partial charge on any atom is -0.490 e. The van der Waals surface area contributed by atoms with Gasteiger partial charge in [0.25, 0.3) is 0 Å². The number of hydrogen-bond acceptors (Lipinski definition) is 5. The normalized spacial score (nSPS) is 14.2. The van der Waals surface area contributed by atoms with Gasteiger partial charge in [-0.1, -0.05) is 35.3 Å². The van der Waals surface area contributed by atoms with Crippen molar-refractivity contribution < 1.29 is 23.4 Å². The van der Waals surface area contributed by atoms with Gasteiger partial charge < -0.3 is 14.2 Å². The van der Waals surface area contributed by atoms with Gasteiger partial charge in [0, 0.05) is 3.57 Å². The van der Waals surface area contributed by atoms with Crippen molar-refractivity contribution in [1.82, 2.24) is 0 Å². The van der Waals surface area contributed by atoms with E-state index < -0.39 is 5.97 Å². The van der Waals surface area contributed by atoms with Crippen molar-refractivity contribution in [2.24, 2.45) is 4.99 Å². The Hall–Kier alpha value is -2.62. The molecule has 4 rings (SSSR count). The number of ether oxygens (including phenoxy) is 3. The van der Waals surface area contributed by atoms with Crippen molar-refractivity contribution in [1.29, 1.82) is 0 Å². The second kappa shape index (κ2) is 10.8. The molecular weight excluding hydrogens is 595 g/mol. The molecule has 0 spiro atoms. The fourth-order valence-electron chi connectivity index (χ4n) is 3.20. The first-order chi connectivity index (χ1) is 16.3. The molecule has 3 aromatic rings. The molecule has 1 aliphatic heterocycles. The van der Waals surface area contributed by atoms with Gasteiger partial charge in [-0.25, -0.2) is 14.2 Å². The standard InChI is InChI=1S/C25H17Cl2FINO4/c1-2-32-22-11-15(9-20(27)23(22)33-13-14-4-3-5-16(28)8-14)10-21-25(31)34-24(30-21)18-12-17(29)6-7-19(18)26/h3-12H,2,13H2,1H3/b21-10-. The number of carbonyl (C=O) groups is 1. The number of carbonyl (C=O) groups excluding carboxylic acids is 1. The van der Waals surface area contributed by atoms with Crippen LogP contribution in [0.3, 0.4) is 0 Å². The molecule has 5 nitrogen and oxygen atoms in total. The average Bonchev–Trinajstić information content (AvgIpc) is 3.15. The fraction of sp³-hybridized carbons (Fsp3) is 0.120. The molecule has 9 heteroatoms. The summed E-state index contributed by atoms with van der Waals surface area (Å²) in [5.41, 5.74) is 1.84. The van der Waals surface area contributed by atoms with E-state index in [1.165, 1.54) is 12.1 Å². The molecule has 0 saturated heterocycles. The predicted octanol–water partition coefficient (Wildman–Crippen LogP) is 7.06. The highest BCUT2D eigenvalue weighted by Crippen LogP contribution is 2.38. The van der Waals surface area contributed by atoms with E-state index in [1.807, 2.05) is 13.0 Å². The number of aliphatic imine (C=N–C) groups is 1. The van der Waals surface area contributed by atoms with E-state index in [2.05, 4.69) is 27.6 Å². The number of benzene rings is 3. The number of nitrogens with zero attached hydrogens (tertiary/aromatic N) is 1. The number of esters is 1. The van der Waals surface area contributed by atoms with Crippen molar-refractivity contribution >= 4 is 63.7 Å². The smallest absolute Gasteiger partial charge is 0.363 e. The lowest BCUT2D eigenvalue weighted by Gasteiger charge is -2.14. The molecule has 1 aliphatic rings. The minimum atomic E-state index is -0.606. The molecule has 0 N–H and O–H groups in total. The Kier molecular flexibility index (Phi) is 7.75. The van der Waals surface area contributed by atoms with Gasteiger partial charge in [0.05, 0.1) is 22.2 Å². The van der Waals surface area contributed by atoms with Gasteiger partial charge in [0.1, 0.15) is 12.4 Å². The molecule has 3 aromatic carbocycles. The molecule has 0 radical (unpaired) electrons. The molecule has 174 valence electrons. The Labute approximate surface area is 219 Å². The molecule has 0 amide bonds. The van der Waals surface area contributed by atoms with Crippen LogP contribution >= 0.6 is 45.8 Å². The highest BCUT2D eigenvalue weighted by molar-refractivity contribution is 14.1. The molecule has 0 unspecified atom stereocenters. The molecule has 0 fully saturated rings. The van der Waals surface area contributed by atoms with Gasteiger partial charge in [-0.15, -0.1) is 0 Å². The van der Waals surface area contributed by atoms with E-state index in [1.54, 1.807) is 42.5 Å². The number of rotatable bonds is 7. The van der Waals surface area contributed by atoms with Crippen LogP contribution in [0.15, 0.2) is 65.3 Å². The molecule has 1 heterocycles. The highest BCUT2D eigenvalue weighted by Gasteiger charge is 2.26. The molecule has 0 aliphatic carbocycles. The van der Waals surface area contributed by atoms with Gasteiger partial charge in [-0.05, 0) is 89.2 Å². The van der Waals surface area contributed by atoms with Crippen LogP contribution in [0, 0.1) is 9.39 Å². The fourth-order valence-corrected chi connectivity index (χ4v) is 4.16. The van der Waals surface area contributed by atoms with Crippen LogP contribution in [-0.4, -0.2) is 18.5 Å². The zero-order valence-electron chi connectivity index (χ0n) is 17.8. The summed E-state index contributed by atoms with van der Waals surface area (Å²) in [4.78, 5) is 16.8. The second-order valence-corrected chi connectivity index (χ2v) is 9.20. The van der Waals surface area contributed by atoms with Crippen LogP contribution < -0.4 is 9.47 Å². The first-order valence-corrected chi connectivity index (χ1v) is 12.0. The van der Waals surface area contributed by atoms with Gasteiger partial charge in [-0.2, -0.15) is 0 Å². The molecule has 0 saturated carbocycles. The number of cyclic esters (lactones) is 1. The van der Waals surface area contributed by atoms with E-state index in [0.29, 0.717) is 39.8 Å². The van der Waals surface area contributed by atoms with Crippen molar-refractivity contribution in [2.45, 2.75) is 13.5 Å². The van der Waals surface area contributed by atoms with Gasteiger partial charge in [0.15, 0.2) is 17.2 Å². The topological polar surface area (TPSA) is 57.1 Å². The van der Waals surface area contributed by atoms with Crippen LogP contribution in [0.4, 0.5) is 4.39 Å². The Morgan fingerprint density at radius 2 is 1.91 bits per heavy atom. The van der Waals surface area contributed by atoms with Gasteiger partial charge in [0.2, 0.25) is 5.90 Å². The van der Waals surface area contributed by atoms with Crippen LogP contribution in [-0.2, 0) is 16.1 Å². The lowest BCUT2D eigenvalue weighted by Crippen LogP contribution is -2.06. The lowest BCUT2D eigenvalue weighted by atomic mass is 10.1. The summed E-state index contributed by atoms with van der Waals surface area (Å²) >= 11 is 14.9. The Morgan fingerprint density at radius 3 is 2.68 bits per heavy atom. The molecule has 0 aromatic heterocycles. The average molecular weight is 612 g/mol. The maximum Gasteiger partial charge on any atom is 0.363 e. The highest BCUT2D eigenvalue weighted by atomic mass is 127. The van der Waals surface area contributed by atoms with Crippen LogP contribution in [0.5, 0.6) is 11.5 Å². The van der Waals surface area contributed by atoms with Crippen molar-refractivity contribution in [3.63, 3.8) is 0 Å². The zero-order valence-corrected chi connectivity index (χ0v) is 21.4. The monoisotopic (exact) mass is 611 g/mol. The third-order valence-electron chi connectivity index (χ3n) is 4.69.